The second-order valence-corrected chi connectivity index (χ2v) is 7.18. The smallest absolute Gasteiger partial charge is 0.394 e. The monoisotopic (exact) mass is 349 g/mol. The molecule has 3 atom stereocenters. The molecule has 0 bridgehead atoms. The Hall–Kier alpha value is -1.27. The highest BCUT2D eigenvalue weighted by Crippen LogP contribution is 2.39. The van der Waals surface area contributed by atoms with E-state index in [1.165, 1.54) is 6.42 Å². The number of hydrogen-bond acceptors (Lipinski definition) is 2. The molecule has 1 heterocycles. The van der Waals surface area contributed by atoms with Crippen molar-refractivity contribution in [2.45, 2.75) is 58.0 Å². The van der Waals surface area contributed by atoms with Gasteiger partial charge in [0.25, 0.3) is 0 Å². The van der Waals surface area contributed by atoms with Crippen LogP contribution in [0.3, 0.4) is 0 Å². The predicted molar refractivity (Wildman–Crippen MR) is 82.2 cm³/mol. The molecule has 1 aliphatic carbocycles. The first kappa shape index (κ1) is 19.1. The van der Waals surface area contributed by atoms with Crippen LogP contribution in [0.1, 0.15) is 51.9 Å². The summed E-state index contributed by atoms with van der Waals surface area (Å²) in [5.41, 5.74) is 0. The van der Waals surface area contributed by atoms with Crippen LogP contribution in [-0.4, -0.2) is 41.1 Å². The van der Waals surface area contributed by atoms with Gasteiger partial charge in [-0.15, -0.1) is 0 Å². The zero-order chi connectivity index (χ0) is 17.9. The van der Waals surface area contributed by atoms with Gasteiger partial charge in [0.15, 0.2) is 0 Å². The van der Waals surface area contributed by atoms with Crippen molar-refractivity contribution < 1.29 is 27.9 Å². The molecule has 1 saturated heterocycles. The zero-order valence-corrected chi connectivity index (χ0v) is 14.0. The lowest BCUT2D eigenvalue weighted by Crippen LogP contribution is -2.36. The van der Waals surface area contributed by atoms with Crippen LogP contribution in [0.5, 0.6) is 0 Å². The molecule has 1 amide bonds. The fourth-order valence-corrected chi connectivity index (χ4v) is 4.09. The van der Waals surface area contributed by atoms with Crippen molar-refractivity contribution in [1.82, 2.24) is 4.90 Å². The average molecular weight is 349 g/mol. The number of likely N-dealkylation sites (tertiary alicyclic amines) is 1. The minimum absolute atomic E-state index is 0.297. The van der Waals surface area contributed by atoms with Crippen LogP contribution in [0, 0.1) is 23.7 Å². The van der Waals surface area contributed by atoms with Gasteiger partial charge in [-0.2, -0.15) is 13.2 Å². The number of amides is 1. The number of aliphatic carboxylic acids is 1. The van der Waals surface area contributed by atoms with E-state index in [0.717, 1.165) is 30.6 Å². The summed E-state index contributed by atoms with van der Waals surface area (Å²) in [5, 5.41) is 9.07. The van der Waals surface area contributed by atoms with Crippen LogP contribution in [-0.2, 0) is 9.59 Å². The van der Waals surface area contributed by atoms with Crippen LogP contribution in [0.4, 0.5) is 13.2 Å². The third kappa shape index (κ3) is 4.42. The maximum Gasteiger partial charge on any atom is 0.394 e. The summed E-state index contributed by atoms with van der Waals surface area (Å²) in [4.78, 5) is 24.9. The van der Waals surface area contributed by atoms with Crippen LogP contribution < -0.4 is 0 Å². The maximum atomic E-state index is 13.1. The SMILES string of the molecule is CCC(CC1CCCCC1)C(=O)N1C[C@@H](C(F)(F)F)[C@H](C(=O)O)C1. The van der Waals surface area contributed by atoms with E-state index in [9.17, 15) is 22.8 Å². The highest BCUT2D eigenvalue weighted by molar-refractivity contribution is 5.81. The number of alkyl halides is 3. The Balaban J connectivity index is 2.03. The van der Waals surface area contributed by atoms with E-state index in [1.807, 2.05) is 6.92 Å². The largest absolute Gasteiger partial charge is 0.481 e. The standard InChI is InChI=1S/C17H26F3NO3/c1-2-12(8-11-6-4-3-5-7-11)15(22)21-9-13(16(23)24)14(10-21)17(18,19)20/h11-14H,2-10H2,1H3,(H,23,24)/t12?,13-,14-/m1/s1. The molecule has 2 rings (SSSR count). The third-order valence-corrected chi connectivity index (χ3v) is 5.55. The number of carbonyl (C=O) groups excluding carboxylic acids is 1. The molecule has 138 valence electrons. The van der Waals surface area contributed by atoms with Crippen molar-refractivity contribution in [3.8, 4) is 0 Å². The van der Waals surface area contributed by atoms with Gasteiger partial charge in [-0.05, 0) is 18.8 Å². The van der Waals surface area contributed by atoms with Gasteiger partial charge in [-0.25, -0.2) is 0 Å². The number of halogens is 3. The number of hydrogen-bond donors (Lipinski definition) is 1. The van der Waals surface area contributed by atoms with Crippen molar-refractivity contribution in [2.75, 3.05) is 13.1 Å². The first-order valence-electron chi connectivity index (χ1n) is 8.82. The first-order valence-corrected chi connectivity index (χ1v) is 8.82. The van der Waals surface area contributed by atoms with Crippen molar-refractivity contribution in [3.05, 3.63) is 0 Å². The highest BCUT2D eigenvalue weighted by Gasteiger charge is 2.53. The van der Waals surface area contributed by atoms with E-state index >= 15 is 0 Å². The summed E-state index contributed by atoms with van der Waals surface area (Å²) in [6.45, 7) is 1.01. The molecule has 1 aliphatic heterocycles. The Bertz CT molecular complexity index is 460. The maximum absolute atomic E-state index is 13.1. The minimum Gasteiger partial charge on any atom is -0.481 e. The van der Waals surface area contributed by atoms with Gasteiger partial charge in [0, 0.05) is 19.0 Å². The molecule has 24 heavy (non-hydrogen) atoms. The third-order valence-electron chi connectivity index (χ3n) is 5.55. The second kappa shape index (κ2) is 7.74. The van der Waals surface area contributed by atoms with E-state index in [1.54, 1.807) is 0 Å². The van der Waals surface area contributed by atoms with Gasteiger partial charge in [-0.1, -0.05) is 39.0 Å². The minimum atomic E-state index is -4.59. The first-order chi connectivity index (χ1) is 11.2. The summed E-state index contributed by atoms with van der Waals surface area (Å²) in [6, 6.07) is 0. The van der Waals surface area contributed by atoms with Crippen LogP contribution in [0.15, 0.2) is 0 Å². The molecule has 2 fully saturated rings. The lowest BCUT2D eigenvalue weighted by molar-refractivity contribution is -0.188. The van der Waals surface area contributed by atoms with Crippen LogP contribution in [0.2, 0.25) is 0 Å². The fraction of sp³-hybridized carbons (Fsp3) is 0.882. The van der Waals surface area contributed by atoms with Gasteiger partial charge in [-0.3, -0.25) is 9.59 Å². The zero-order valence-electron chi connectivity index (χ0n) is 14.0. The fourth-order valence-electron chi connectivity index (χ4n) is 4.09. The Morgan fingerprint density at radius 3 is 2.25 bits per heavy atom. The van der Waals surface area contributed by atoms with Gasteiger partial charge >= 0.3 is 12.1 Å². The Kier molecular flexibility index (Phi) is 6.15. The molecule has 0 aromatic heterocycles. The molecule has 0 radical (unpaired) electrons. The number of carboxylic acid groups (broad SMARTS) is 1. The number of carbonyl (C=O) groups is 2. The van der Waals surface area contributed by atoms with Crippen molar-refractivity contribution in [2.24, 2.45) is 23.7 Å². The number of rotatable bonds is 5. The molecule has 1 unspecified atom stereocenters. The predicted octanol–water partition coefficient (Wildman–Crippen LogP) is 3.70. The molecule has 0 aromatic rings. The second-order valence-electron chi connectivity index (χ2n) is 7.18. The molecule has 1 N–H and O–H groups in total. The van der Waals surface area contributed by atoms with Gasteiger partial charge in [0.05, 0.1) is 11.8 Å². The lowest BCUT2D eigenvalue weighted by Gasteiger charge is -2.28. The average Bonchev–Trinajstić information content (AvgIpc) is 2.99. The summed E-state index contributed by atoms with van der Waals surface area (Å²) >= 11 is 0. The van der Waals surface area contributed by atoms with Crippen LogP contribution >= 0.6 is 0 Å². The van der Waals surface area contributed by atoms with Crippen molar-refractivity contribution in [1.29, 1.82) is 0 Å². The van der Waals surface area contributed by atoms with Gasteiger partial charge in [0.2, 0.25) is 5.91 Å². The van der Waals surface area contributed by atoms with Crippen molar-refractivity contribution >= 4 is 11.9 Å². The summed E-state index contributed by atoms with van der Waals surface area (Å²) in [7, 11) is 0. The van der Waals surface area contributed by atoms with E-state index in [2.05, 4.69) is 0 Å². The molecular formula is C17H26F3NO3. The number of carboxylic acids is 1. The quantitative estimate of drug-likeness (QED) is 0.823. The molecule has 0 aromatic carbocycles. The molecular weight excluding hydrogens is 323 g/mol. The molecule has 0 spiro atoms. The molecule has 2 aliphatic rings. The van der Waals surface area contributed by atoms with Crippen LogP contribution in [0.25, 0.3) is 0 Å². The molecule has 1 saturated carbocycles. The molecule has 7 heteroatoms. The summed E-state index contributed by atoms with van der Waals surface area (Å²) in [6.07, 6.45) is 2.36. The van der Waals surface area contributed by atoms with Crippen molar-refractivity contribution in [3.63, 3.8) is 0 Å². The van der Waals surface area contributed by atoms with E-state index < -0.39 is 30.5 Å². The van der Waals surface area contributed by atoms with Gasteiger partial charge < -0.3 is 10.0 Å². The van der Waals surface area contributed by atoms with Gasteiger partial charge in [0.1, 0.15) is 0 Å². The van der Waals surface area contributed by atoms with E-state index in [4.69, 9.17) is 5.11 Å². The lowest BCUT2D eigenvalue weighted by atomic mass is 9.81. The van der Waals surface area contributed by atoms with E-state index in [0.29, 0.717) is 18.8 Å². The summed E-state index contributed by atoms with van der Waals surface area (Å²) < 4.78 is 39.2. The van der Waals surface area contributed by atoms with E-state index in [-0.39, 0.29) is 18.4 Å². The highest BCUT2D eigenvalue weighted by atomic mass is 19.4. The summed E-state index contributed by atoms with van der Waals surface area (Å²) in [5.74, 6) is -5.14. The topological polar surface area (TPSA) is 57.6 Å². The Morgan fingerprint density at radius 1 is 1.17 bits per heavy atom. The normalized spacial score (nSPS) is 27.2. The molecule has 4 nitrogen and oxygen atoms in total. The Labute approximate surface area is 140 Å². The Morgan fingerprint density at radius 2 is 1.79 bits per heavy atom. The number of nitrogens with zero attached hydrogens (tertiary/aromatic N) is 1.